The molecule has 1 saturated heterocycles. The first-order valence-electron chi connectivity index (χ1n) is 8.38. The smallest absolute Gasteiger partial charge is 0.308 e. The molecule has 0 aliphatic carbocycles. The molecule has 0 saturated carbocycles. The number of piperidine rings is 1. The average Bonchev–Trinajstić information content (AvgIpc) is 2.66. The number of nitrogens with zero attached hydrogens (tertiary/aromatic N) is 1. The van der Waals surface area contributed by atoms with Gasteiger partial charge in [-0.1, -0.05) is 18.2 Å². The van der Waals surface area contributed by atoms with Gasteiger partial charge in [0.05, 0.1) is 20.1 Å². The van der Waals surface area contributed by atoms with Crippen molar-refractivity contribution in [3.05, 3.63) is 29.8 Å². The van der Waals surface area contributed by atoms with E-state index in [1.807, 2.05) is 31.2 Å². The molecule has 0 N–H and O–H groups in total. The number of amides is 1. The van der Waals surface area contributed by atoms with E-state index in [2.05, 4.69) is 0 Å². The van der Waals surface area contributed by atoms with Crippen molar-refractivity contribution in [3.63, 3.8) is 0 Å². The molecule has 0 bridgehead atoms. The minimum Gasteiger partial charge on any atom is -0.493 e. The summed E-state index contributed by atoms with van der Waals surface area (Å²) >= 11 is 0. The highest BCUT2D eigenvalue weighted by Gasteiger charge is 2.28. The fraction of sp³-hybridized carbons (Fsp3) is 0.474. The summed E-state index contributed by atoms with van der Waals surface area (Å²) in [5.41, 5.74) is 1.00. The standard InChI is InChI=1S/C19H25NO5/c1-4-5-14-6-7-16(17(12-14)23-2)25-13-18(21)20-10-8-15(9-11-20)19(22)24-3/h4-7,12,15H,8-11,13H2,1-3H3. The van der Waals surface area contributed by atoms with Crippen molar-refractivity contribution in [1.29, 1.82) is 0 Å². The number of carbonyl (C=O) groups is 2. The summed E-state index contributed by atoms with van der Waals surface area (Å²) in [7, 11) is 2.96. The lowest BCUT2D eigenvalue weighted by atomic mass is 9.97. The summed E-state index contributed by atoms with van der Waals surface area (Å²) in [6.07, 6.45) is 5.15. The molecule has 0 spiro atoms. The summed E-state index contributed by atoms with van der Waals surface area (Å²) in [6.45, 7) is 2.97. The molecule has 1 aromatic rings. The number of hydrogen-bond acceptors (Lipinski definition) is 5. The Labute approximate surface area is 148 Å². The molecule has 1 amide bonds. The third-order valence-electron chi connectivity index (χ3n) is 4.28. The van der Waals surface area contributed by atoms with Gasteiger partial charge in [0.15, 0.2) is 18.1 Å². The van der Waals surface area contributed by atoms with Crippen LogP contribution in [-0.4, -0.2) is 50.7 Å². The maximum atomic E-state index is 12.3. The molecule has 0 atom stereocenters. The Morgan fingerprint density at radius 1 is 1.20 bits per heavy atom. The molecule has 1 fully saturated rings. The Bertz CT molecular complexity index is 633. The summed E-state index contributed by atoms with van der Waals surface area (Å²) in [6, 6.07) is 5.57. The second kappa shape index (κ2) is 9.11. The van der Waals surface area contributed by atoms with Crippen LogP contribution in [0.4, 0.5) is 0 Å². The molecule has 1 aromatic carbocycles. The highest BCUT2D eigenvalue weighted by Crippen LogP contribution is 2.28. The minimum atomic E-state index is -0.200. The monoisotopic (exact) mass is 347 g/mol. The van der Waals surface area contributed by atoms with E-state index < -0.39 is 0 Å². The zero-order valence-corrected chi connectivity index (χ0v) is 15.0. The van der Waals surface area contributed by atoms with Gasteiger partial charge in [0.25, 0.3) is 5.91 Å². The van der Waals surface area contributed by atoms with Gasteiger partial charge in [0.2, 0.25) is 0 Å². The van der Waals surface area contributed by atoms with Crippen LogP contribution >= 0.6 is 0 Å². The zero-order chi connectivity index (χ0) is 18.2. The van der Waals surface area contributed by atoms with Crippen LogP contribution in [0.15, 0.2) is 24.3 Å². The molecule has 6 heteroatoms. The van der Waals surface area contributed by atoms with E-state index in [0.29, 0.717) is 37.4 Å². The molecular weight excluding hydrogens is 322 g/mol. The van der Waals surface area contributed by atoms with E-state index >= 15 is 0 Å². The summed E-state index contributed by atoms with van der Waals surface area (Å²) in [4.78, 5) is 25.6. The first kappa shape index (κ1) is 18.8. The van der Waals surface area contributed by atoms with Crippen LogP contribution in [0.3, 0.4) is 0 Å². The Morgan fingerprint density at radius 3 is 2.52 bits per heavy atom. The third-order valence-corrected chi connectivity index (χ3v) is 4.28. The Morgan fingerprint density at radius 2 is 1.92 bits per heavy atom. The maximum absolute atomic E-state index is 12.3. The van der Waals surface area contributed by atoms with E-state index in [-0.39, 0.29) is 24.4 Å². The highest BCUT2D eigenvalue weighted by atomic mass is 16.5. The summed E-state index contributed by atoms with van der Waals surface area (Å²) < 4.78 is 15.7. The molecule has 1 aliphatic heterocycles. The number of likely N-dealkylation sites (tertiary alicyclic amines) is 1. The number of carbonyl (C=O) groups excluding carboxylic acids is 2. The normalized spacial score (nSPS) is 15.2. The van der Waals surface area contributed by atoms with Crippen LogP contribution in [0, 0.1) is 5.92 Å². The summed E-state index contributed by atoms with van der Waals surface area (Å²) in [5.74, 6) is 0.716. The van der Waals surface area contributed by atoms with Gasteiger partial charge in [-0.2, -0.15) is 0 Å². The van der Waals surface area contributed by atoms with Gasteiger partial charge in [-0.15, -0.1) is 0 Å². The molecule has 0 unspecified atom stereocenters. The molecule has 1 heterocycles. The van der Waals surface area contributed by atoms with Crippen molar-refractivity contribution in [1.82, 2.24) is 4.90 Å². The number of esters is 1. The van der Waals surface area contributed by atoms with E-state index in [4.69, 9.17) is 14.2 Å². The topological polar surface area (TPSA) is 65.1 Å². The quantitative estimate of drug-likeness (QED) is 0.740. The van der Waals surface area contributed by atoms with Gasteiger partial charge < -0.3 is 19.1 Å². The molecule has 0 radical (unpaired) electrons. The Hall–Kier alpha value is -2.50. The number of ether oxygens (including phenoxy) is 3. The van der Waals surface area contributed by atoms with Crippen molar-refractivity contribution in [2.75, 3.05) is 33.9 Å². The Balaban J connectivity index is 1.89. The molecule has 2 rings (SSSR count). The molecule has 25 heavy (non-hydrogen) atoms. The van der Waals surface area contributed by atoms with Gasteiger partial charge in [-0.05, 0) is 37.5 Å². The molecule has 1 aliphatic rings. The maximum Gasteiger partial charge on any atom is 0.308 e. The van der Waals surface area contributed by atoms with E-state index in [9.17, 15) is 9.59 Å². The van der Waals surface area contributed by atoms with Gasteiger partial charge in [0.1, 0.15) is 0 Å². The van der Waals surface area contributed by atoms with Gasteiger partial charge in [0, 0.05) is 13.1 Å². The second-order valence-corrected chi connectivity index (χ2v) is 5.88. The molecule has 136 valence electrons. The number of rotatable bonds is 6. The molecular formula is C19H25NO5. The van der Waals surface area contributed by atoms with E-state index in [1.54, 1.807) is 18.1 Å². The van der Waals surface area contributed by atoms with Crippen molar-refractivity contribution in [3.8, 4) is 11.5 Å². The fourth-order valence-electron chi connectivity index (χ4n) is 2.86. The predicted octanol–water partition coefficient (Wildman–Crippen LogP) is 2.52. The van der Waals surface area contributed by atoms with Crippen molar-refractivity contribution < 1.29 is 23.8 Å². The van der Waals surface area contributed by atoms with E-state index in [0.717, 1.165) is 5.56 Å². The molecule has 0 aromatic heterocycles. The van der Waals surface area contributed by atoms with Gasteiger partial charge in [-0.3, -0.25) is 9.59 Å². The second-order valence-electron chi connectivity index (χ2n) is 5.88. The summed E-state index contributed by atoms with van der Waals surface area (Å²) in [5, 5.41) is 0. The van der Waals surface area contributed by atoms with Gasteiger partial charge >= 0.3 is 5.97 Å². The van der Waals surface area contributed by atoms with Crippen LogP contribution in [0.5, 0.6) is 11.5 Å². The number of methoxy groups -OCH3 is 2. The minimum absolute atomic E-state index is 0.0534. The van der Waals surface area contributed by atoms with Crippen molar-refractivity contribution in [2.45, 2.75) is 19.8 Å². The third kappa shape index (κ3) is 4.98. The first-order chi connectivity index (χ1) is 12.1. The van der Waals surface area contributed by atoms with Crippen LogP contribution in [0.1, 0.15) is 25.3 Å². The highest BCUT2D eigenvalue weighted by molar-refractivity contribution is 5.78. The fourth-order valence-corrected chi connectivity index (χ4v) is 2.86. The lowest BCUT2D eigenvalue weighted by molar-refractivity contribution is -0.149. The largest absolute Gasteiger partial charge is 0.493 e. The number of benzene rings is 1. The Kier molecular flexibility index (Phi) is 6.86. The SMILES string of the molecule is CC=Cc1ccc(OCC(=O)N2CCC(C(=O)OC)CC2)c(OC)c1. The van der Waals surface area contributed by atoms with E-state index in [1.165, 1.54) is 7.11 Å². The van der Waals surface area contributed by atoms with Gasteiger partial charge in [-0.25, -0.2) is 0 Å². The zero-order valence-electron chi connectivity index (χ0n) is 15.0. The van der Waals surface area contributed by atoms with Crippen LogP contribution in [0.25, 0.3) is 6.08 Å². The van der Waals surface area contributed by atoms with Crippen molar-refractivity contribution >= 4 is 18.0 Å². The number of hydrogen-bond donors (Lipinski definition) is 0. The molecule has 6 nitrogen and oxygen atoms in total. The van der Waals surface area contributed by atoms with Crippen LogP contribution in [0.2, 0.25) is 0 Å². The average molecular weight is 347 g/mol. The number of allylic oxidation sites excluding steroid dienone is 1. The predicted molar refractivity (Wildman–Crippen MR) is 94.5 cm³/mol. The lowest BCUT2D eigenvalue weighted by Gasteiger charge is -2.30. The van der Waals surface area contributed by atoms with Crippen LogP contribution < -0.4 is 9.47 Å². The first-order valence-corrected chi connectivity index (χ1v) is 8.38. The lowest BCUT2D eigenvalue weighted by Crippen LogP contribution is -2.42. The van der Waals surface area contributed by atoms with Crippen LogP contribution in [-0.2, 0) is 14.3 Å². The van der Waals surface area contributed by atoms with Crippen molar-refractivity contribution in [2.24, 2.45) is 5.92 Å².